The van der Waals surface area contributed by atoms with Crippen molar-refractivity contribution in [1.82, 2.24) is 10.0 Å². The van der Waals surface area contributed by atoms with Crippen LogP contribution in [0.3, 0.4) is 0 Å². The smallest absolute Gasteiger partial charge is 0.223 e. The minimum Gasteiger partial charge on any atom is -0.355 e. The number of carbonyl (C=O) groups is 1. The fraction of sp³-hybridized carbons (Fsp3) is 0.632. The minimum atomic E-state index is -3.41. The summed E-state index contributed by atoms with van der Waals surface area (Å²) in [7, 11) is -3.41. The first-order valence-corrected chi connectivity index (χ1v) is 11.1. The van der Waals surface area contributed by atoms with Gasteiger partial charge in [-0.2, -0.15) is 0 Å². The van der Waals surface area contributed by atoms with E-state index in [1.807, 2.05) is 30.3 Å². The van der Waals surface area contributed by atoms with Crippen LogP contribution < -0.4 is 15.8 Å². The molecule has 0 aliphatic heterocycles. The van der Waals surface area contributed by atoms with Gasteiger partial charge in [0.15, 0.2) is 0 Å². The maximum absolute atomic E-state index is 12.4. The summed E-state index contributed by atoms with van der Waals surface area (Å²) in [6.07, 6.45) is 5.10. The first-order chi connectivity index (χ1) is 12.4. The van der Waals surface area contributed by atoms with Crippen LogP contribution in [0.4, 0.5) is 0 Å². The van der Waals surface area contributed by atoms with E-state index >= 15 is 0 Å². The van der Waals surface area contributed by atoms with Crippen LogP contribution >= 0.6 is 0 Å². The second-order valence-electron chi connectivity index (χ2n) is 7.61. The van der Waals surface area contributed by atoms with E-state index in [1.54, 1.807) is 0 Å². The largest absolute Gasteiger partial charge is 0.355 e. The minimum absolute atomic E-state index is 0.0212. The molecule has 3 rings (SSSR count). The van der Waals surface area contributed by atoms with E-state index in [4.69, 9.17) is 5.73 Å². The highest BCUT2D eigenvalue weighted by Crippen LogP contribution is 2.41. The second-order valence-corrected chi connectivity index (χ2v) is 9.54. The first kappa shape index (κ1) is 19.3. The van der Waals surface area contributed by atoms with E-state index in [-0.39, 0.29) is 36.7 Å². The fourth-order valence-corrected chi connectivity index (χ4v) is 5.22. The van der Waals surface area contributed by atoms with E-state index in [0.717, 1.165) is 31.2 Å². The maximum atomic E-state index is 12.4. The molecular formula is C19H29N3O3S. The maximum Gasteiger partial charge on any atom is 0.223 e. The highest BCUT2D eigenvalue weighted by atomic mass is 32.2. The molecule has 4 N–H and O–H groups in total. The third-order valence-electron chi connectivity index (χ3n) is 5.79. The molecule has 2 atom stereocenters. The van der Waals surface area contributed by atoms with Gasteiger partial charge in [0.05, 0.1) is 5.75 Å². The molecule has 144 valence electrons. The predicted octanol–water partition coefficient (Wildman–Crippen LogP) is 1.38. The monoisotopic (exact) mass is 379 g/mol. The topological polar surface area (TPSA) is 101 Å². The highest BCUT2D eigenvalue weighted by molar-refractivity contribution is 7.89. The van der Waals surface area contributed by atoms with Crippen molar-refractivity contribution in [2.45, 2.75) is 44.7 Å². The van der Waals surface area contributed by atoms with Crippen molar-refractivity contribution in [3.8, 4) is 0 Å². The number of hydrogen-bond acceptors (Lipinski definition) is 4. The van der Waals surface area contributed by atoms with E-state index in [9.17, 15) is 13.2 Å². The number of nitrogens with two attached hydrogens (primary N) is 1. The molecule has 2 saturated carbocycles. The van der Waals surface area contributed by atoms with Crippen LogP contribution in [0, 0.1) is 17.8 Å². The van der Waals surface area contributed by atoms with Gasteiger partial charge >= 0.3 is 0 Å². The summed E-state index contributed by atoms with van der Waals surface area (Å²) in [5, 5.41) is 2.81. The lowest BCUT2D eigenvalue weighted by atomic mass is 9.65. The summed E-state index contributed by atoms with van der Waals surface area (Å²) in [5.41, 5.74) is 7.17. The van der Waals surface area contributed by atoms with Crippen LogP contribution in [-0.2, 0) is 21.4 Å². The summed E-state index contributed by atoms with van der Waals surface area (Å²) in [5.74, 6) is 0.728. The number of benzene rings is 1. The van der Waals surface area contributed by atoms with Crippen molar-refractivity contribution in [2.75, 3.05) is 12.3 Å². The third kappa shape index (κ3) is 5.05. The molecule has 2 unspecified atom stereocenters. The van der Waals surface area contributed by atoms with Crippen molar-refractivity contribution < 1.29 is 13.2 Å². The standard InChI is InChI=1S/C19H29N3O3S/c20-18-15-7-4-8-16(18)12-17(11-15)19(23)21-9-10-26(24,25)22-13-14-5-2-1-3-6-14/h1-3,5-6,15-18,22H,4,7-13,20H2,(H,21,23). The molecule has 2 aliphatic rings. The zero-order valence-electron chi connectivity index (χ0n) is 15.1. The van der Waals surface area contributed by atoms with Crippen LogP contribution in [0.1, 0.15) is 37.7 Å². The summed E-state index contributed by atoms with van der Waals surface area (Å²) in [4.78, 5) is 12.4. The Morgan fingerprint density at radius 2 is 1.77 bits per heavy atom. The molecule has 0 heterocycles. The Bertz CT molecular complexity index is 694. The molecule has 2 fully saturated rings. The van der Waals surface area contributed by atoms with Crippen LogP contribution in [0.2, 0.25) is 0 Å². The van der Waals surface area contributed by atoms with Gasteiger partial charge in [-0.1, -0.05) is 36.8 Å². The predicted molar refractivity (Wildman–Crippen MR) is 102 cm³/mol. The van der Waals surface area contributed by atoms with E-state index < -0.39 is 10.0 Å². The van der Waals surface area contributed by atoms with Crippen molar-refractivity contribution in [3.63, 3.8) is 0 Å². The van der Waals surface area contributed by atoms with Gasteiger partial charge in [-0.05, 0) is 43.1 Å². The molecule has 1 aromatic carbocycles. The molecule has 2 aliphatic carbocycles. The molecule has 2 bridgehead atoms. The molecule has 1 aromatic rings. The van der Waals surface area contributed by atoms with E-state index in [1.165, 1.54) is 6.42 Å². The third-order valence-corrected chi connectivity index (χ3v) is 7.12. The zero-order chi connectivity index (χ0) is 18.6. The van der Waals surface area contributed by atoms with Crippen molar-refractivity contribution >= 4 is 15.9 Å². The van der Waals surface area contributed by atoms with E-state index in [2.05, 4.69) is 10.0 Å². The molecule has 26 heavy (non-hydrogen) atoms. The lowest BCUT2D eigenvalue weighted by molar-refractivity contribution is -0.127. The Kier molecular flexibility index (Phi) is 6.32. The Morgan fingerprint density at radius 1 is 1.12 bits per heavy atom. The number of sulfonamides is 1. The molecule has 0 saturated heterocycles. The molecule has 0 spiro atoms. The molecule has 6 nitrogen and oxygen atoms in total. The lowest BCUT2D eigenvalue weighted by Gasteiger charge is -2.43. The van der Waals surface area contributed by atoms with E-state index in [0.29, 0.717) is 11.8 Å². The van der Waals surface area contributed by atoms with Crippen molar-refractivity contribution in [2.24, 2.45) is 23.5 Å². The summed E-state index contributed by atoms with van der Waals surface area (Å²) >= 11 is 0. The average molecular weight is 380 g/mol. The highest BCUT2D eigenvalue weighted by Gasteiger charge is 2.40. The molecule has 0 radical (unpaired) electrons. The van der Waals surface area contributed by atoms with Crippen LogP contribution in [-0.4, -0.2) is 32.7 Å². The number of hydrogen-bond donors (Lipinski definition) is 3. The first-order valence-electron chi connectivity index (χ1n) is 9.49. The van der Waals surface area contributed by atoms with Gasteiger partial charge in [0.25, 0.3) is 0 Å². The quantitative estimate of drug-likeness (QED) is 0.666. The summed E-state index contributed by atoms with van der Waals surface area (Å²) in [6, 6.07) is 9.60. The normalized spacial score (nSPS) is 28.5. The summed E-state index contributed by atoms with van der Waals surface area (Å²) in [6.45, 7) is 0.405. The molecule has 7 heteroatoms. The van der Waals surface area contributed by atoms with Gasteiger partial charge in [-0.15, -0.1) is 0 Å². The van der Waals surface area contributed by atoms with Crippen molar-refractivity contribution in [1.29, 1.82) is 0 Å². The second kappa shape index (κ2) is 8.50. The van der Waals surface area contributed by atoms with Crippen LogP contribution in [0.15, 0.2) is 30.3 Å². The number of carbonyl (C=O) groups excluding carboxylic acids is 1. The van der Waals surface area contributed by atoms with Gasteiger partial charge in [-0.3, -0.25) is 4.79 Å². The van der Waals surface area contributed by atoms with Crippen LogP contribution in [0.25, 0.3) is 0 Å². The van der Waals surface area contributed by atoms with Gasteiger partial charge in [-0.25, -0.2) is 13.1 Å². The number of amides is 1. The molecule has 0 aromatic heterocycles. The molecule has 1 amide bonds. The van der Waals surface area contributed by atoms with Gasteiger partial charge < -0.3 is 11.1 Å². The van der Waals surface area contributed by atoms with Gasteiger partial charge in [0, 0.05) is 25.0 Å². The molecular weight excluding hydrogens is 350 g/mol. The summed E-state index contributed by atoms with van der Waals surface area (Å²) < 4.78 is 26.7. The SMILES string of the molecule is NC1C2CCCC1CC(C(=O)NCCS(=O)(=O)NCc1ccccc1)C2. The fourth-order valence-electron chi connectivity index (χ4n) is 4.32. The lowest BCUT2D eigenvalue weighted by Crippen LogP contribution is -2.49. The number of rotatable bonds is 7. The number of nitrogens with one attached hydrogen (secondary N) is 2. The van der Waals surface area contributed by atoms with Crippen LogP contribution in [0.5, 0.6) is 0 Å². The Labute approximate surface area is 156 Å². The van der Waals surface area contributed by atoms with Gasteiger partial charge in [0.2, 0.25) is 15.9 Å². The average Bonchev–Trinajstić information content (AvgIpc) is 2.60. The van der Waals surface area contributed by atoms with Gasteiger partial charge in [0.1, 0.15) is 0 Å². The van der Waals surface area contributed by atoms with Crippen molar-refractivity contribution in [3.05, 3.63) is 35.9 Å². The Balaban J connectivity index is 1.42. The zero-order valence-corrected chi connectivity index (χ0v) is 15.9. The number of fused-ring (bicyclic) bond motifs is 2. The Morgan fingerprint density at radius 3 is 2.42 bits per heavy atom. The Hall–Kier alpha value is -1.44.